The van der Waals surface area contributed by atoms with Crippen molar-refractivity contribution < 1.29 is 23.2 Å². The van der Waals surface area contributed by atoms with Gasteiger partial charge in [0, 0.05) is 22.0 Å². The summed E-state index contributed by atoms with van der Waals surface area (Å²) in [5, 5.41) is 4.32. The van der Waals surface area contributed by atoms with E-state index in [9.17, 15) is 23.2 Å². The minimum Gasteiger partial charge on any atom is -0.325 e. The van der Waals surface area contributed by atoms with Crippen molar-refractivity contribution in [2.24, 2.45) is 11.8 Å². The summed E-state index contributed by atoms with van der Waals surface area (Å²) in [7, 11) is 0. The Hall–Kier alpha value is -3.19. The number of carbonyl (C=O) groups excluding carboxylic acids is 3. The molecule has 1 aromatic heterocycles. The van der Waals surface area contributed by atoms with Gasteiger partial charge in [-0.3, -0.25) is 14.4 Å². The summed E-state index contributed by atoms with van der Waals surface area (Å²) < 4.78 is 26.9. The molecule has 0 radical (unpaired) electrons. The topological polar surface area (TPSA) is 63.2 Å². The van der Waals surface area contributed by atoms with Gasteiger partial charge in [0.2, 0.25) is 5.91 Å². The average molecular weight is 441 g/mol. The Balaban J connectivity index is 2.05. The number of thiophene rings is 1. The van der Waals surface area contributed by atoms with Gasteiger partial charge in [-0.05, 0) is 53.9 Å². The quantitative estimate of drug-likeness (QED) is 0.372. The van der Waals surface area contributed by atoms with Gasteiger partial charge in [-0.15, -0.1) is 11.3 Å². The van der Waals surface area contributed by atoms with E-state index in [2.05, 4.69) is 5.32 Å². The van der Waals surface area contributed by atoms with Crippen molar-refractivity contribution in [2.75, 3.05) is 5.32 Å². The molecule has 2 unspecified atom stereocenters. The maximum Gasteiger partial charge on any atom is 0.236 e. The third-order valence-corrected chi connectivity index (χ3v) is 5.80. The third-order valence-electron chi connectivity index (χ3n) is 4.84. The van der Waals surface area contributed by atoms with E-state index in [4.69, 9.17) is 0 Å². The van der Waals surface area contributed by atoms with E-state index < -0.39 is 46.9 Å². The summed E-state index contributed by atoms with van der Waals surface area (Å²) in [4.78, 5) is 40.3. The van der Waals surface area contributed by atoms with Crippen LogP contribution in [-0.2, 0) is 9.59 Å². The maximum absolute atomic E-state index is 13.6. The van der Waals surface area contributed by atoms with Crippen LogP contribution in [0.15, 0.2) is 66.0 Å². The Labute approximate surface area is 182 Å². The Bertz CT molecular complexity index is 1080. The zero-order valence-corrected chi connectivity index (χ0v) is 17.8. The normalized spacial score (nSPS) is 12.9. The van der Waals surface area contributed by atoms with Gasteiger partial charge in [0.25, 0.3) is 0 Å². The first-order chi connectivity index (χ1) is 14.8. The van der Waals surface area contributed by atoms with Gasteiger partial charge in [0.1, 0.15) is 23.3 Å². The van der Waals surface area contributed by atoms with E-state index in [0.717, 1.165) is 18.2 Å². The molecule has 0 fully saturated rings. The van der Waals surface area contributed by atoms with Gasteiger partial charge in [0.15, 0.2) is 5.78 Å². The molecular formula is C24H21F2NO3S. The summed E-state index contributed by atoms with van der Waals surface area (Å²) in [6.45, 7) is 3.30. The number of ketones is 2. The standard InChI is InChI=1S/C24H21F2NO3S/c1-14(2)22(28)21(24(30)27-18-6-3-5-17(26)13-18)20(19-7-4-12-31-19)23(29)15-8-10-16(25)11-9-15/h3-14,20-21H,1-2H3,(H,27,30). The minimum absolute atomic E-state index is 0.186. The molecule has 0 aliphatic rings. The molecule has 2 atom stereocenters. The first-order valence-electron chi connectivity index (χ1n) is 9.71. The van der Waals surface area contributed by atoms with Gasteiger partial charge in [-0.1, -0.05) is 26.0 Å². The molecule has 0 aliphatic heterocycles. The highest BCUT2D eigenvalue weighted by Gasteiger charge is 2.41. The smallest absolute Gasteiger partial charge is 0.236 e. The van der Waals surface area contributed by atoms with Gasteiger partial charge in [-0.2, -0.15) is 0 Å². The largest absolute Gasteiger partial charge is 0.325 e. The lowest BCUT2D eigenvalue weighted by atomic mass is 9.78. The average Bonchev–Trinajstić information content (AvgIpc) is 3.25. The number of carbonyl (C=O) groups is 3. The number of rotatable bonds is 8. The molecule has 1 N–H and O–H groups in total. The Kier molecular flexibility index (Phi) is 7.07. The molecule has 31 heavy (non-hydrogen) atoms. The van der Waals surface area contributed by atoms with Crippen molar-refractivity contribution in [1.82, 2.24) is 0 Å². The number of Topliss-reactive ketones (excluding diaryl/α,β-unsaturated/α-hetero) is 2. The first-order valence-corrected chi connectivity index (χ1v) is 10.6. The molecule has 1 heterocycles. The molecule has 3 aromatic rings. The fourth-order valence-corrected chi connectivity index (χ4v) is 4.16. The summed E-state index contributed by atoms with van der Waals surface area (Å²) in [6, 6.07) is 13.7. The maximum atomic E-state index is 13.6. The van der Waals surface area contributed by atoms with Gasteiger partial charge >= 0.3 is 0 Å². The molecule has 3 rings (SSSR count). The number of anilines is 1. The molecular weight excluding hydrogens is 420 g/mol. The number of nitrogens with one attached hydrogen (secondary N) is 1. The number of halogens is 2. The lowest BCUT2D eigenvalue weighted by Gasteiger charge is -2.25. The van der Waals surface area contributed by atoms with Crippen molar-refractivity contribution in [3.63, 3.8) is 0 Å². The molecule has 0 aliphatic carbocycles. The molecule has 4 nitrogen and oxygen atoms in total. The van der Waals surface area contributed by atoms with Crippen molar-refractivity contribution in [3.05, 3.63) is 88.1 Å². The van der Waals surface area contributed by atoms with Crippen molar-refractivity contribution in [2.45, 2.75) is 19.8 Å². The number of amides is 1. The fourth-order valence-electron chi connectivity index (χ4n) is 3.30. The van der Waals surface area contributed by atoms with Crippen LogP contribution >= 0.6 is 11.3 Å². The van der Waals surface area contributed by atoms with Crippen molar-refractivity contribution >= 4 is 34.5 Å². The van der Waals surface area contributed by atoms with Crippen molar-refractivity contribution in [3.8, 4) is 0 Å². The molecule has 0 bridgehead atoms. The highest BCUT2D eigenvalue weighted by atomic mass is 32.1. The number of hydrogen-bond acceptors (Lipinski definition) is 4. The van der Waals surface area contributed by atoms with E-state index in [-0.39, 0.29) is 11.3 Å². The van der Waals surface area contributed by atoms with Gasteiger partial charge in [0.05, 0.1) is 5.92 Å². The molecule has 160 valence electrons. The Morgan fingerprint density at radius 3 is 2.19 bits per heavy atom. The second-order valence-corrected chi connectivity index (χ2v) is 8.38. The van der Waals surface area contributed by atoms with Crippen LogP contribution in [0.2, 0.25) is 0 Å². The van der Waals surface area contributed by atoms with Gasteiger partial charge < -0.3 is 5.32 Å². The second kappa shape index (κ2) is 9.75. The lowest BCUT2D eigenvalue weighted by molar-refractivity contribution is -0.133. The van der Waals surface area contributed by atoms with Gasteiger partial charge in [-0.25, -0.2) is 8.78 Å². The van der Waals surface area contributed by atoms with Crippen LogP contribution in [-0.4, -0.2) is 17.5 Å². The van der Waals surface area contributed by atoms with Crippen LogP contribution in [0.3, 0.4) is 0 Å². The lowest BCUT2D eigenvalue weighted by Crippen LogP contribution is -2.39. The van der Waals surface area contributed by atoms with E-state index in [1.807, 2.05) is 0 Å². The zero-order chi connectivity index (χ0) is 22.5. The summed E-state index contributed by atoms with van der Waals surface area (Å²) in [6.07, 6.45) is 0. The van der Waals surface area contributed by atoms with Crippen LogP contribution in [0.25, 0.3) is 0 Å². The number of benzene rings is 2. The molecule has 0 saturated heterocycles. The summed E-state index contributed by atoms with van der Waals surface area (Å²) in [5.41, 5.74) is 0.380. The van der Waals surface area contributed by atoms with Crippen LogP contribution in [0.1, 0.15) is 35.0 Å². The third kappa shape index (κ3) is 5.30. The molecule has 1 amide bonds. The molecule has 0 saturated carbocycles. The van der Waals surface area contributed by atoms with E-state index in [0.29, 0.717) is 4.88 Å². The highest BCUT2D eigenvalue weighted by Crippen LogP contribution is 2.35. The van der Waals surface area contributed by atoms with Crippen LogP contribution < -0.4 is 5.32 Å². The number of hydrogen-bond donors (Lipinski definition) is 1. The molecule has 7 heteroatoms. The van der Waals surface area contributed by atoms with Crippen LogP contribution in [0.4, 0.5) is 14.5 Å². The van der Waals surface area contributed by atoms with Crippen LogP contribution in [0.5, 0.6) is 0 Å². The van der Waals surface area contributed by atoms with E-state index >= 15 is 0 Å². The predicted octanol–water partition coefficient (Wildman–Crippen LogP) is 5.47. The fraction of sp³-hybridized carbons (Fsp3) is 0.208. The van der Waals surface area contributed by atoms with Crippen LogP contribution in [0, 0.1) is 23.5 Å². The summed E-state index contributed by atoms with van der Waals surface area (Å²) >= 11 is 1.25. The Morgan fingerprint density at radius 2 is 1.61 bits per heavy atom. The highest BCUT2D eigenvalue weighted by molar-refractivity contribution is 7.10. The predicted molar refractivity (Wildman–Crippen MR) is 116 cm³/mol. The first kappa shape index (κ1) is 22.5. The van der Waals surface area contributed by atoms with E-state index in [1.165, 1.54) is 41.7 Å². The summed E-state index contributed by atoms with van der Waals surface area (Å²) in [5.74, 6) is -5.55. The second-order valence-electron chi connectivity index (χ2n) is 7.40. The Morgan fingerprint density at radius 1 is 0.903 bits per heavy atom. The monoisotopic (exact) mass is 441 g/mol. The zero-order valence-electron chi connectivity index (χ0n) is 17.0. The molecule has 2 aromatic carbocycles. The SMILES string of the molecule is CC(C)C(=O)C(C(=O)Nc1cccc(F)c1)C(C(=O)c1ccc(F)cc1)c1cccs1. The van der Waals surface area contributed by atoms with E-state index in [1.54, 1.807) is 31.4 Å². The molecule has 0 spiro atoms. The van der Waals surface area contributed by atoms with Crippen molar-refractivity contribution in [1.29, 1.82) is 0 Å². The minimum atomic E-state index is -1.33.